The molecule has 2 unspecified atom stereocenters. The molecule has 0 saturated carbocycles. The van der Waals surface area contributed by atoms with Gasteiger partial charge in [0.2, 0.25) is 0 Å². The largest absolute Gasteiger partial charge is 0.473 e. The zero-order chi connectivity index (χ0) is 33.4. The van der Waals surface area contributed by atoms with E-state index in [4.69, 9.17) is 14.2 Å². The molecule has 4 aromatic rings. The molecule has 1 saturated heterocycles. The quantitative estimate of drug-likeness (QED) is 0.0572. The number of unbranched alkanes of at least 4 members (excludes halogenated alkanes) is 2. The van der Waals surface area contributed by atoms with Crippen molar-refractivity contribution in [1.29, 1.82) is 0 Å². The lowest BCUT2D eigenvalue weighted by atomic mass is 9.80. The lowest BCUT2D eigenvalue weighted by Crippen LogP contribution is -2.36. The monoisotopic (exact) mass is 642 g/mol. The fourth-order valence-electron chi connectivity index (χ4n) is 6.57. The first kappa shape index (κ1) is 35.2. The molecule has 0 aliphatic carbocycles. The zero-order valence-corrected chi connectivity index (χ0v) is 28.4. The molecule has 3 atom stereocenters. The molecule has 1 aliphatic rings. The van der Waals surface area contributed by atoms with E-state index in [2.05, 4.69) is 61.7 Å². The topological polar surface area (TPSA) is 47.9 Å². The van der Waals surface area contributed by atoms with Gasteiger partial charge in [-0.1, -0.05) is 141 Å². The van der Waals surface area contributed by atoms with E-state index in [0.29, 0.717) is 18.6 Å². The van der Waals surface area contributed by atoms with Crippen LogP contribution in [0.5, 0.6) is 5.75 Å². The Kier molecular flexibility index (Phi) is 13.5. The van der Waals surface area contributed by atoms with Crippen LogP contribution in [-0.2, 0) is 21.5 Å². The zero-order valence-electron chi connectivity index (χ0n) is 28.4. The number of hydrogen-bond donors (Lipinski definition) is 1. The number of rotatable bonds is 16. The highest BCUT2D eigenvalue weighted by atomic mass is 16.7. The van der Waals surface area contributed by atoms with E-state index in [0.717, 1.165) is 72.9 Å². The highest BCUT2D eigenvalue weighted by molar-refractivity contribution is 5.52. The van der Waals surface area contributed by atoms with Crippen molar-refractivity contribution in [2.45, 2.75) is 95.2 Å². The van der Waals surface area contributed by atoms with Crippen molar-refractivity contribution in [3.05, 3.63) is 150 Å². The van der Waals surface area contributed by atoms with Crippen molar-refractivity contribution in [3.63, 3.8) is 0 Å². The molecule has 250 valence electrons. The molecule has 0 spiro atoms. The normalized spacial score (nSPS) is 15.9. The standard InChI is InChI=1S/C44H50O4/c1-3-5-9-28-38(47-43-33-18-19-34-46-43)29-16-17-31-41(45)39-30-20-32-42(40(39)21-4-2)48-44(35-22-10-6-11-23-35,36-24-12-7-13-25-36)37-26-14-8-15-27-37/h4,6-8,10-15,20,22-27,30,32,38,41,43,45H,2-3,5,9,16,18-19,21,28-29,33-34H2,1H3/t38-,41?,43?/m0/s1. The van der Waals surface area contributed by atoms with Gasteiger partial charge < -0.3 is 19.3 Å². The molecule has 1 aliphatic heterocycles. The smallest absolute Gasteiger partial charge is 0.184 e. The van der Waals surface area contributed by atoms with Gasteiger partial charge in [0.15, 0.2) is 11.9 Å². The van der Waals surface area contributed by atoms with Crippen LogP contribution in [0.4, 0.5) is 0 Å². The minimum absolute atomic E-state index is 0.108. The molecule has 48 heavy (non-hydrogen) atoms. The van der Waals surface area contributed by atoms with Gasteiger partial charge in [0.25, 0.3) is 0 Å². The van der Waals surface area contributed by atoms with E-state index < -0.39 is 11.7 Å². The molecule has 0 amide bonds. The van der Waals surface area contributed by atoms with Crippen LogP contribution >= 0.6 is 0 Å². The van der Waals surface area contributed by atoms with E-state index >= 15 is 0 Å². The van der Waals surface area contributed by atoms with Gasteiger partial charge in [-0.3, -0.25) is 0 Å². The lowest BCUT2D eigenvalue weighted by Gasteiger charge is -2.37. The Morgan fingerprint density at radius 3 is 2.06 bits per heavy atom. The number of benzene rings is 4. The molecule has 0 bridgehead atoms. The Morgan fingerprint density at radius 1 is 0.854 bits per heavy atom. The summed E-state index contributed by atoms with van der Waals surface area (Å²) >= 11 is 0. The Hall–Kier alpha value is -4.14. The van der Waals surface area contributed by atoms with Crippen molar-refractivity contribution in [1.82, 2.24) is 0 Å². The SMILES string of the molecule is C=CCc1c(OC(c2ccccc2)(c2ccccc2)c2ccccc2)cccc1C(O)C#CCC[C@H](CCCCC)OC1CCCCO1. The summed E-state index contributed by atoms with van der Waals surface area (Å²) < 4.78 is 19.5. The summed E-state index contributed by atoms with van der Waals surface area (Å²) in [5.41, 5.74) is 3.68. The summed E-state index contributed by atoms with van der Waals surface area (Å²) in [4.78, 5) is 0. The first-order valence-corrected chi connectivity index (χ1v) is 17.7. The summed E-state index contributed by atoms with van der Waals surface area (Å²) in [5.74, 6) is 7.09. The molecular weight excluding hydrogens is 592 g/mol. The Balaban J connectivity index is 1.43. The highest BCUT2D eigenvalue weighted by Crippen LogP contribution is 2.43. The molecular formula is C44H50O4. The molecule has 5 rings (SSSR count). The Morgan fingerprint density at radius 2 is 1.50 bits per heavy atom. The van der Waals surface area contributed by atoms with Gasteiger partial charge in [-0.25, -0.2) is 0 Å². The van der Waals surface area contributed by atoms with Crippen molar-refractivity contribution >= 4 is 0 Å². The number of aliphatic hydroxyl groups excluding tert-OH is 1. The maximum Gasteiger partial charge on any atom is 0.184 e. The predicted molar refractivity (Wildman–Crippen MR) is 195 cm³/mol. The average Bonchev–Trinajstić information content (AvgIpc) is 3.14. The third-order valence-corrected chi connectivity index (χ3v) is 9.06. The minimum atomic E-state index is -0.968. The van der Waals surface area contributed by atoms with Gasteiger partial charge in [-0.15, -0.1) is 12.5 Å². The number of aliphatic hydroxyl groups is 1. The lowest BCUT2D eigenvalue weighted by molar-refractivity contribution is -0.190. The first-order chi connectivity index (χ1) is 23.7. The molecule has 0 radical (unpaired) electrons. The van der Waals surface area contributed by atoms with E-state index in [-0.39, 0.29) is 12.4 Å². The van der Waals surface area contributed by atoms with Crippen LogP contribution in [0, 0.1) is 11.8 Å². The van der Waals surface area contributed by atoms with Crippen LogP contribution < -0.4 is 4.74 Å². The van der Waals surface area contributed by atoms with Crippen molar-refractivity contribution in [2.24, 2.45) is 0 Å². The second kappa shape index (κ2) is 18.4. The van der Waals surface area contributed by atoms with Crippen LogP contribution in [-0.4, -0.2) is 24.1 Å². The molecule has 1 fully saturated rings. The van der Waals surface area contributed by atoms with Crippen LogP contribution in [0.1, 0.15) is 98.6 Å². The van der Waals surface area contributed by atoms with Crippen molar-refractivity contribution in [3.8, 4) is 17.6 Å². The number of ether oxygens (including phenoxy) is 3. The average molecular weight is 643 g/mol. The van der Waals surface area contributed by atoms with Gasteiger partial charge in [0.05, 0.1) is 6.10 Å². The summed E-state index contributed by atoms with van der Waals surface area (Å²) in [7, 11) is 0. The van der Waals surface area contributed by atoms with Crippen molar-refractivity contribution < 1.29 is 19.3 Å². The summed E-state index contributed by atoms with van der Waals surface area (Å²) in [6.07, 6.45) is 10.6. The molecule has 0 aromatic heterocycles. The second-order valence-electron chi connectivity index (χ2n) is 12.5. The molecule has 4 nitrogen and oxygen atoms in total. The van der Waals surface area contributed by atoms with Crippen LogP contribution in [0.25, 0.3) is 0 Å². The Bertz CT molecular complexity index is 1490. The fourth-order valence-corrected chi connectivity index (χ4v) is 6.57. The highest BCUT2D eigenvalue weighted by Gasteiger charge is 2.39. The van der Waals surface area contributed by atoms with Crippen LogP contribution in [0.15, 0.2) is 122 Å². The van der Waals surface area contributed by atoms with Crippen LogP contribution in [0.3, 0.4) is 0 Å². The molecule has 4 aromatic carbocycles. The first-order valence-electron chi connectivity index (χ1n) is 17.7. The molecule has 4 heteroatoms. The summed E-state index contributed by atoms with van der Waals surface area (Å²) in [5, 5.41) is 11.5. The van der Waals surface area contributed by atoms with E-state index in [9.17, 15) is 5.11 Å². The van der Waals surface area contributed by atoms with E-state index in [1.807, 2.05) is 78.9 Å². The second-order valence-corrected chi connectivity index (χ2v) is 12.5. The van der Waals surface area contributed by atoms with Gasteiger partial charge in [0.1, 0.15) is 11.9 Å². The summed E-state index contributed by atoms with van der Waals surface area (Å²) in [6.45, 7) is 7.04. The van der Waals surface area contributed by atoms with Crippen LogP contribution in [0.2, 0.25) is 0 Å². The minimum Gasteiger partial charge on any atom is -0.473 e. The molecule has 1 N–H and O–H groups in total. The third-order valence-electron chi connectivity index (χ3n) is 9.06. The van der Waals surface area contributed by atoms with Gasteiger partial charge in [0, 0.05) is 35.3 Å². The molecule has 1 heterocycles. The van der Waals surface area contributed by atoms with Crippen molar-refractivity contribution in [2.75, 3.05) is 6.61 Å². The summed E-state index contributed by atoms with van der Waals surface area (Å²) in [6, 6.07) is 36.8. The van der Waals surface area contributed by atoms with E-state index in [1.54, 1.807) is 0 Å². The predicted octanol–water partition coefficient (Wildman–Crippen LogP) is 10.1. The van der Waals surface area contributed by atoms with Gasteiger partial charge in [-0.05, 0) is 50.2 Å². The number of hydrogen-bond acceptors (Lipinski definition) is 4. The Labute approximate surface area is 287 Å². The fraction of sp³-hybridized carbons (Fsp3) is 0.364. The maximum absolute atomic E-state index is 11.5. The van der Waals surface area contributed by atoms with Gasteiger partial charge in [-0.2, -0.15) is 0 Å². The van der Waals surface area contributed by atoms with E-state index in [1.165, 1.54) is 12.8 Å². The maximum atomic E-state index is 11.5. The third kappa shape index (κ3) is 9.05. The van der Waals surface area contributed by atoms with Gasteiger partial charge >= 0.3 is 0 Å². The number of allylic oxidation sites excluding steroid dienone is 1.